The molecular formula is C20H33BCl3NO2. The zero-order valence-corrected chi connectivity index (χ0v) is 18.9. The van der Waals surface area contributed by atoms with Crippen LogP contribution in [0.15, 0.2) is 24.3 Å². The number of nitrogens with zero attached hydrogens (tertiary/aromatic N) is 1. The van der Waals surface area contributed by atoms with Gasteiger partial charge in [-0.15, -0.1) is 24.8 Å². The molecule has 1 fully saturated rings. The molecule has 1 aliphatic rings. The van der Waals surface area contributed by atoms with Crippen LogP contribution in [0.5, 0.6) is 0 Å². The second-order valence-corrected chi connectivity index (χ2v) is 7.70. The third kappa shape index (κ3) is 9.56. The van der Waals surface area contributed by atoms with Crippen molar-refractivity contribution in [1.29, 1.82) is 0 Å². The summed E-state index contributed by atoms with van der Waals surface area (Å²) in [4.78, 5) is 14.4. The molecule has 1 aliphatic heterocycles. The Bertz CT molecular complexity index is 522. The molecule has 27 heavy (non-hydrogen) atoms. The van der Waals surface area contributed by atoms with E-state index in [0.29, 0.717) is 0 Å². The van der Waals surface area contributed by atoms with Crippen molar-refractivity contribution < 1.29 is 9.45 Å². The van der Waals surface area contributed by atoms with E-state index in [1.807, 2.05) is 12.1 Å². The maximum atomic E-state index is 11.9. The molecule has 1 aromatic rings. The molecule has 0 spiro atoms. The van der Waals surface area contributed by atoms with Crippen LogP contribution in [0, 0.1) is 11.8 Å². The zero-order valence-electron chi connectivity index (χ0n) is 16.5. The molecule has 0 radical (unpaired) electrons. The lowest BCUT2D eigenvalue weighted by Gasteiger charge is -2.32. The Morgan fingerprint density at radius 2 is 1.85 bits per heavy atom. The highest BCUT2D eigenvalue weighted by Gasteiger charge is 2.23. The molecule has 7 heteroatoms. The van der Waals surface area contributed by atoms with E-state index >= 15 is 0 Å². The highest BCUT2D eigenvalue weighted by molar-refractivity contribution is 6.30. The molecule has 3 nitrogen and oxygen atoms in total. The average Bonchev–Trinajstić information content (AvgIpc) is 2.64. The van der Waals surface area contributed by atoms with Gasteiger partial charge in [0.1, 0.15) is 0 Å². The van der Waals surface area contributed by atoms with Crippen LogP contribution >= 0.6 is 36.4 Å². The normalized spacial score (nSPS) is 16.1. The molecule has 1 aromatic carbocycles. The number of carbonyl (C=O) groups is 1. The van der Waals surface area contributed by atoms with E-state index in [9.17, 15) is 4.79 Å². The van der Waals surface area contributed by atoms with Gasteiger partial charge in [-0.25, -0.2) is 0 Å². The molecular weight excluding hydrogens is 403 g/mol. The van der Waals surface area contributed by atoms with Gasteiger partial charge in [0.15, 0.2) is 0 Å². The molecule has 1 unspecified atom stereocenters. The highest BCUT2D eigenvalue weighted by Crippen LogP contribution is 2.24. The van der Waals surface area contributed by atoms with Crippen molar-refractivity contribution in [3.05, 3.63) is 34.9 Å². The van der Waals surface area contributed by atoms with E-state index in [1.54, 1.807) is 0 Å². The summed E-state index contributed by atoms with van der Waals surface area (Å²) in [7, 11) is 1.50. The predicted octanol–water partition coefficient (Wildman–Crippen LogP) is 4.73. The largest absolute Gasteiger partial charge is 0.543 e. The average molecular weight is 437 g/mol. The summed E-state index contributed by atoms with van der Waals surface area (Å²) < 4.78 is 4.97. The van der Waals surface area contributed by atoms with E-state index < -0.39 is 0 Å². The van der Waals surface area contributed by atoms with Gasteiger partial charge in [0.05, 0.1) is 5.92 Å². The first kappa shape index (κ1) is 26.6. The van der Waals surface area contributed by atoms with Gasteiger partial charge in [0.2, 0.25) is 0 Å². The third-order valence-electron chi connectivity index (χ3n) is 5.38. The number of hydrogen-bond acceptors (Lipinski definition) is 3. The smallest absolute Gasteiger partial charge is 0.325 e. The number of rotatable bonds is 9. The van der Waals surface area contributed by atoms with Crippen LogP contribution in [-0.4, -0.2) is 38.6 Å². The summed E-state index contributed by atoms with van der Waals surface area (Å²) in [6.45, 7) is 5.46. The molecule has 1 saturated heterocycles. The lowest BCUT2D eigenvalue weighted by molar-refractivity contribution is -0.139. The molecule has 154 valence electrons. The molecule has 0 N–H and O–H groups in total. The van der Waals surface area contributed by atoms with Gasteiger partial charge in [0.25, 0.3) is 5.97 Å². The van der Waals surface area contributed by atoms with Crippen molar-refractivity contribution in [2.75, 3.05) is 19.6 Å². The third-order valence-corrected chi connectivity index (χ3v) is 5.63. The fraction of sp³-hybridized carbons (Fsp3) is 0.650. The first-order valence-electron chi connectivity index (χ1n) is 9.67. The standard InChI is InChI=1S/C20H31BClNO2.2ClH/c1-2-3-4-18(20(24)25-21)11-14-23-12-9-17(10-13-23)15-16-5-7-19(22)8-6-16;;/h5-8,17-18H,2-4,9-15,21H2,1H3;2*1H. The van der Waals surface area contributed by atoms with Gasteiger partial charge in [0, 0.05) is 5.02 Å². The maximum Gasteiger partial charge on any atom is 0.325 e. The molecule has 2 rings (SSSR count). The second-order valence-electron chi connectivity index (χ2n) is 7.27. The van der Waals surface area contributed by atoms with Crippen molar-refractivity contribution in [2.45, 2.75) is 51.9 Å². The van der Waals surface area contributed by atoms with Crippen molar-refractivity contribution in [2.24, 2.45) is 11.8 Å². The van der Waals surface area contributed by atoms with Crippen molar-refractivity contribution >= 4 is 50.4 Å². The summed E-state index contributed by atoms with van der Waals surface area (Å²) in [5.41, 5.74) is 1.38. The Morgan fingerprint density at radius 1 is 1.22 bits per heavy atom. The van der Waals surface area contributed by atoms with E-state index in [2.05, 4.69) is 24.0 Å². The zero-order chi connectivity index (χ0) is 18.1. The number of likely N-dealkylation sites (tertiary alicyclic amines) is 1. The number of benzene rings is 1. The van der Waals surface area contributed by atoms with Crippen LogP contribution in [0.2, 0.25) is 5.02 Å². The minimum atomic E-state index is -0.0360. The Morgan fingerprint density at radius 3 is 2.41 bits per heavy atom. The first-order valence-corrected chi connectivity index (χ1v) is 10.0. The van der Waals surface area contributed by atoms with E-state index in [1.165, 1.54) is 26.5 Å². The summed E-state index contributed by atoms with van der Waals surface area (Å²) in [5, 5.41) is 0.807. The number of hydrogen-bond donors (Lipinski definition) is 0. The summed E-state index contributed by atoms with van der Waals surface area (Å²) in [5.74, 6) is 0.789. The minimum Gasteiger partial charge on any atom is -0.543 e. The van der Waals surface area contributed by atoms with Crippen molar-refractivity contribution in [1.82, 2.24) is 4.90 Å². The van der Waals surface area contributed by atoms with Gasteiger partial charge in [-0.1, -0.05) is 43.5 Å². The molecule has 0 aliphatic carbocycles. The molecule has 1 heterocycles. The van der Waals surface area contributed by atoms with Gasteiger partial charge in [-0.2, -0.15) is 0 Å². The van der Waals surface area contributed by atoms with Gasteiger partial charge >= 0.3 is 8.05 Å². The Balaban J connectivity index is 0.00000338. The molecule has 0 bridgehead atoms. The van der Waals surface area contributed by atoms with Crippen LogP contribution in [0.4, 0.5) is 0 Å². The molecule has 0 saturated carbocycles. The molecule has 1 atom stereocenters. The summed E-state index contributed by atoms with van der Waals surface area (Å²) in [6.07, 6.45) is 7.73. The number of halogens is 3. The van der Waals surface area contributed by atoms with E-state index in [-0.39, 0.29) is 36.7 Å². The maximum absolute atomic E-state index is 11.9. The Kier molecular flexibility index (Phi) is 14.3. The first-order chi connectivity index (χ1) is 12.1. The highest BCUT2D eigenvalue weighted by atomic mass is 35.5. The van der Waals surface area contributed by atoms with Crippen LogP contribution in [0.3, 0.4) is 0 Å². The Labute approximate surface area is 182 Å². The topological polar surface area (TPSA) is 29.5 Å². The van der Waals surface area contributed by atoms with Gasteiger partial charge < -0.3 is 9.55 Å². The fourth-order valence-corrected chi connectivity index (χ4v) is 3.83. The minimum absolute atomic E-state index is 0. The van der Waals surface area contributed by atoms with E-state index in [0.717, 1.165) is 62.7 Å². The molecule has 0 amide bonds. The van der Waals surface area contributed by atoms with Gasteiger partial charge in [-0.3, -0.25) is 4.79 Å². The van der Waals surface area contributed by atoms with Crippen LogP contribution in [-0.2, 0) is 15.9 Å². The van der Waals surface area contributed by atoms with Crippen molar-refractivity contribution in [3.63, 3.8) is 0 Å². The molecule has 0 aromatic heterocycles. The summed E-state index contributed by atoms with van der Waals surface area (Å²) in [6, 6.07) is 8.25. The van der Waals surface area contributed by atoms with E-state index in [4.69, 9.17) is 16.3 Å². The number of unbranched alkanes of at least 4 members (excludes halogenated alkanes) is 1. The van der Waals surface area contributed by atoms with Crippen LogP contribution in [0.1, 0.15) is 51.0 Å². The lowest BCUT2D eigenvalue weighted by Crippen LogP contribution is -2.36. The number of carbonyl (C=O) groups excluding carboxylic acids is 1. The van der Waals surface area contributed by atoms with Crippen LogP contribution in [0.25, 0.3) is 0 Å². The SMILES string of the molecule is BOC(=O)C(CCCC)CCN1CCC(Cc2ccc(Cl)cc2)CC1.Cl.Cl. The quantitative estimate of drug-likeness (QED) is 0.524. The predicted molar refractivity (Wildman–Crippen MR) is 121 cm³/mol. The monoisotopic (exact) mass is 435 g/mol. The number of piperidine rings is 1. The second kappa shape index (κ2) is 14.6. The Hall–Kier alpha value is -0.415. The van der Waals surface area contributed by atoms with Crippen LogP contribution < -0.4 is 0 Å². The van der Waals surface area contributed by atoms with Gasteiger partial charge in [-0.05, 0) is 75.4 Å². The fourth-order valence-electron chi connectivity index (χ4n) is 3.70. The van der Waals surface area contributed by atoms with Crippen molar-refractivity contribution in [3.8, 4) is 0 Å². The lowest BCUT2D eigenvalue weighted by atomic mass is 9.89. The summed E-state index contributed by atoms with van der Waals surface area (Å²) >= 11 is 5.96.